The molecule has 2 aromatic carbocycles. The third kappa shape index (κ3) is 4.45. The summed E-state index contributed by atoms with van der Waals surface area (Å²) < 4.78 is 0. The molecular weight excluding hydrogens is 348 g/mol. The number of likely N-dealkylation sites (tertiary alicyclic amines) is 1. The molecule has 1 saturated heterocycles. The average Bonchev–Trinajstić information content (AvgIpc) is 3.22. The van der Waals surface area contributed by atoms with Gasteiger partial charge in [0.15, 0.2) is 0 Å². The largest absolute Gasteiger partial charge is 0.387 e. The fraction of sp³-hybridized carbons (Fsp3) is 0.458. The van der Waals surface area contributed by atoms with Crippen molar-refractivity contribution < 1.29 is 9.90 Å². The third-order valence-corrected chi connectivity index (χ3v) is 6.26. The number of piperidine rings is 1. The van der Waals surface area contributed by atoms with Crippen molar-refractivity contribution in [1.82, 2.24) is 10.2 Å². The molecule has 1 fully saturated rings. The first kappa shape index (κ1) is 19.2. The number of β-amino-alcohol motifs (C(OH)–C–C–N with tert-alkyl or cyclic N) is 1. The second-order valence-corrected chi connectivity index (χ2v) is 8.18. The van der Waals surface area contributed by atoms with Crippen molar-refractivity contribution in [2.24, 2.45) is 5.92 Å². The Morgan fingerprint density at radius 1 is 1.07 bits per heavy atom. The molecule has 1 aliphatic heterocycles. The van der Waals surface area contributed by atoms with E-state index in [-0.39, 0.29) is 5.91 Å². The molecule has 1 unspecified atom stereocenters. The normalized spacial score (nSPS) is 18.6. The Balaban J connectivity index is 1.23. The molecule has 1 amide bonds. The molecule has 0 aromatic heterocycles. The van der Waals surface area contributed by atoms with E-state index in [4.69, 9.17) is 0 Å². The van der Waals surface area contributed by atoms with Crippen LogP contribution in [-0.4, -0.2) is 42.1 Å². The number of aliphatic hydroxyl groups is 1. The zero-order valence-electron chi connectivity index (χ0n) is 16.4. The highest BCUT2D eigenvalue weighted by atomic mass is 16.3. The molecule has 4 heteroatoms. The van der Waals surface area contributed by atoms with Gasteiger partial charge >= 0.3 is 0 Å². The smallest absolute Gasteiger partial charge is 0.251 e. The lowest BCUT2D eigenvalue weighted by atomic mass is 9.95. The number of amides is 1. The van der Waals surface area contributed by atoms with Gasteiger partial charge in [0, 0.05) is 18.7 Å². The Morgan fingerprint density at radius 2 is 1.86 bits per heavy atom. The van der Waals surface area contributed by atoms with Crippen LogP contribution >= 0.6 is 0 Å². The maximum Gasteiger partial charge on any atom is 0.251 e. The molecule has 0 radical (unpaired) electrons. The number of carbonyl (C=O) groups excluding carboxylic acids is 1. The van der Waals surface area contributed by atoms with Gasteiger partial charge in [-0.15, -0.1) is 0 Å². The van der Waals surface area contributed by atoms with Gasteiger partial charge in [-0.2, -0.15) is 0 Å². The van der Waals surface area contributed by atoms with Crippen molar-refractivity contribution in [3.8, 4) is 0 Å². The van der Waals surface area contributed by atoms with Gasteiger partial charge in [0.2, 0.25) is 0 Å². The molecule has 1 aliphatic carbocycles. The second kappa shape index (κ2) is 8.89. The Bertz CT molecular complexity index is 798. The highest BCUT2D eigenvalue weighted by Crippen LogP contribution is 2.25. The Labute approximate surface area is 167 Å². The van der Waals surface area contributed by atoms with E-state index < -0.39 is 6.10 Å². The monoisotopic (exact) mass is 378 g/mol. The molecule has 1 heterocycles. The molecule has 2 N–H and O–H groups in total. The zero-order valence-corrected chi connectivity index (χ0v) is 16.4. The van der Waals surface area contributed by atoms with E-state index in [0.717, 1.165) is 62.9 Å². The summed E-state index contributed by atoms with van der Waals surface area (Å²) in [6.45, 7) is 3.38. The summed E-state index contributed by atoms with van der Waals surface area (Å²) in [4.78, 5) is 15.0. The first-order valence-electron chi connectivity index (χ1n) is 10.5. The van der Waals surface area contributed by atoms with Crippen LogP contribution in [-0.2, 0) is 12.8 Å². The van der Waals surface area contributed by atoms with Gasteiger partial charge < -0.3 is 15.3 Å². The van der Waals surface area contributed by atoms with Crippen LogP contribution in [0.25, 0.3) is 0 Å². The summed E-state index contributed by atoms with van der Waals surface area (Å²) in [5.41, 5.74) is 4.45. The van der Waals surface area contributed by atoms with E-state index in [1.165, 1.54) is 11.1 Å². The molecule has 4 rings (SSSR count). The summed E-state index contributed by atoms with van der Waals surface area (Å²) in [7, 11) is 0. The minimum atomic E-state index is -0.433. The van der Waals surface area contributed by atoms with Gasteiger partial charge in [-0.3, -0.25) is 4.79 Å². The van der Waals surface area contributed by atoms with Crippen molar-refractivity contribution in [1.29, 1.82) is 0 Å². The molecular formula is C24H30N2O2. The highest BCUT2D eigenvalue weighted by Gasteiger charge is 2.23. The van der Waals surface area contributed by atoms with Crippen LogP contribution < -0.4 is 5.32 Å². The molecule has 2 aliphatic rings. The second-order valence-electron chi connectivity index (χ2n) is 8.18. The van der Waals surface area contributed by atoms with Crippen molar-refractivity contribution >= 4 is 5.91 Å². The SMILES string of the molecule is O=C(NCC1CCN(CC(O)c2ccccc2)CC1)c1cccc2c1CCC2. The van der Waals surface area contributed by atoms with Crippen LogP contribution in [0.4, 0.5) is 0 Å². The van der Waals surface area contributed by atoms with Crippen molar-refractivity contribution in [3.63, 3.8) is 0 Å². The first-order valence-corrected chi connectivity index (χ1v) is 10.5. The Morgan fingerprint density at radius 3 is 2.64 bits per heavy atom. The number of fused-ring (bicyclic) bond motifs is 1. The van der Waals surface area contributed by atoms with E-state index in [9.17, 15) is 9.90 Å². The molecule has 0 bridgehead atoms. The van der Waals surface area contributed by atoms with E-state index >= 15 is 0 Å². The Hall–Kier alpha value is -2.17. The van der Waals surface area contributed by atoms with Crippen LogP contribution in [0.5, 0.6) is 0 Å². The van der Waals surface area contributed by atoms with Crippen LogP contribution in [0.3, 0.4) is 0 Å². The number of nitrogens with one attached hydrogen (secondary N) is 1. The average molecular weight is 379 g/mol. The number of benzene rings is 2. The van der Waals surface area contributed by atoms with Crippen molar-refractivity contribution in [3.05, 3.63) is 70.8 Å². The van der Waals surface area contributed by atoms with Crippen LogP contribution in [0.15, 0.2) is 48.5 Å². The molecule has 2 aromatic rings. The van der Waals surface area contributed by atoms with Gasteiger partial charge in [0.05, 0.1) is 6.10 Å². The molecule has 0 spiro atoms. The van der Waals surface area contributed by atoms with Gasteiger partial charge in [-0.25, -0.2) is 0 Å². The number of rotatable bonds is 6. The summed E-state index contributed by atoms with van der Waals surface area (Å²) in [5.74, 6) is 0.603. The number of carbonyl (C=O) groups is 1. The number of aliphatic hydroxyl groups excluding tert-OH is 1. The van der Waals surface area contributed by atoms with Crippen LogP contribution in [0, 0.1) is 5.92 Å². The highest BCUT2D eigenvalue weighted by molar-refractivity contribution is 5.96. The molecule has 28 heavy (non-hydrogen) atoms. The molecule has 0 saturated carbocycles. The lowest BCUT2D eigenvalue weighted by molar-refractivity contribution is 0.0851. The standard InChI is InChI=1S/C24H30N2O2/c27-23(20-6-2-1-3-7-20)17-26-14-12-18(13-15-26)16-25-24(28)22-11-5-9-19-8-4-10-21(19)22/h1-3,5-7,9,11,18,23,27H,4,8,10,12-17H2,(H,25,28). The van der Waals surface area contributed by atoms with E-state index in [2.05, 4.69) is 16.3 Å². The lowest BCUT2D eigenvalue weighted by Gasteiger charge is -2.33. The summed E-state index contributed by atoms with van der Waals surface area (Å²) >= 11 is 0. The minimum absolute atomic E-state index is 0.0840. The maximum atomic E-state index is 12.7. The summed E-state index contributed by atoms with van der Waals surface area (Å²) in [6, 6.07) is 16.0. The zero-order chi connectivity index (χ0) is 19.3. The molecule has 148 valence electrons. The number of aryl methyl sites for hydroxylation is 1. The fourth-order valence-corrected chi connectivity index (χ4v) is 4.56. The number of hydrogen-bond acceptors (Lipinski definition) is 3. The van der Waals surface area contributed by atoms with E-state index in [1.807, 2.05) is 42.5 Å². The molecule has 1 atom stereocenters. The van der Waals surface area contributed by atoms with E-state index in [0.29, 0.717) is 12.5 Å². The topological polar surface area (TPSA) is 52.6 Å². The maximum absolute atomic E-state index is 12.7. The predicted molar refractivity (Wildman–Crippen MR) is 111 cm³/mol. The number of hydrogen-bond donors (Lipinski definition) is 2. The van der Waals surface area contributed by atoms with Crippen molar-refractivity contribution in [2.75, 3.05) is 26.2 Å². The first-order chi connectivity index (χ1) is 13.7. The van der Waals surface area contributed by atoms with Crippen molar-refractivity contribution in [2.45, 2.75) is 38.2 Å². The van der Waals surface area contributed by atoms with Gasteiger partial charge in [-0.1, -0.05) is 42.5 Å². The predicted octanol–water partition coefficient (Wildman–Crippen LogP) is 3.35. The van der Waals surface area contributed by atoms with Crippen LogP contribution in [0.1, 0.15) is 52.4 Å². The quantitative estimate of drug-likeness (QED) is 0.811. The lowest BCUT2D eigenvalue weighted by Crippen LogP contribution is -2.40. The van der Waals surface area contributed by atoms with E-state index in [1.54, 1.807) is 0 Å². The number of nitrogens with zero attached hydrogens (tertiary/aromatic N) is 1. The van der Waals surface area contributed by atoms with Gasteiger partial charge in [0.1, 0.15) is 0 Å². The van der Waals surface area contributed by atoms with Gasteiger partial charge in [0.25, 0.3) is 5.91 Å². The fourth-order valence-electron chi connectivity index (χ4n) is 4.56. The molecule has 4 nitrogen and oxygen atoms in total. The third-order valence-electron chi connectivity index (χ3n) is 6.26. The minimum Gasteiger partial charge on any atom is -0.387 e. The summed E-state index contributed by atoms with van der Waals surface area (Å²) in [6.07, 6.45) is 4.99. The van der Waals surface area contributed by atoms with Crippen LogP contribution in [0.2, 0.25) is 0 Å². The van der Waals surface area contributed by atoms with Gasteiger partial charge in [-0.05, 0) is 73.9 Å². The summed E-state index contributed by atoms with van der Waals surface area (Å²) in [5, 5.41) is 13.6. The Kier molecular flexibility index (Phi) is 6.08.